The van der Waals surface area contributed by atoms with E-state index in [1.807, 2.05) is 6.07 Å². The minimum Gasteiger partial charge on any atom is -0.482 e. The summed E-state index contributed by atoms with van der Waals surface area (Å²) < 4.78 is 6.43. The highest BCUT2D eigenvalue weighted by molar-refractivity contribution is 5.85. The van der Waals surface area contributed by atoms with Crippen molar-refractivity contribution in [2.24, 2.45) is 0 Å². The molecule has 1 heteroatoms. The van der Waals surface area contributed by atoms with Crippen molar-refractivity contribution in [1.29, 1.82) is 0 Å². The van der Waals surface area contributed by atoms with Crippen LogP contribution in [0.5, 0.6) is 5.75 Å². The Morgan fingerprint density at radius 2 is 1.27 bits per heavy atom. The SMILES string of the molecule is CC1(C)Oc2c(-c3ccccc3)cccc2-c2ccccc21. The molecule has 1 heterocycles. The Bertz CT molecular complexity index is 817. The van der Waals surface area contributed by atoms with Gasteiger partial charge in [-0.25, -0.2) is 0 Å². The van der Waals surface area contributed by atoms with Crippen molar-refractivity contribution in [1.82, 2.24) is 0 Å². The number of rotatable bonds is 1. The van der Waals surface area contributed by atoms with Crippen LogP contribution in [0.25, 0.3) is 22.3 Å². The molecular formula is C21H18O. The maximum absolute atomic E-state index is 6.43. The minimum atomic E-state index is -0.325. The largest absolute Gasteiger partial charge is 0.482 e. The van der Waals surface area contributed by atoms with Gasteiger partial charge in [-0.3, -0.25) is 0 Å². The van der Waals surface area contributed by atoms with Crippen LogP contribution in [0.3, 0.4) is 0 Å². The van der Waals surface area contributed by atoms with Crippen molar-refractivity contribution in [2.45, 2.75) is 19.4 Å². The monoisotopic (exact) mass is 286 g/mol. The van der Waals surface area contributed by atoms with Gasteiger partial charge in [-0.15, -0.1) is 0 Å². The first-order chi connectivity index (χ1) is 10.7. The van der Waals surface area contributed by atoms with E-state index in [9.17, 15) is 0 Å². The highest BCUT2D eigenvalue weighted by Crippen LogP contribution is 2.48. The topological polar surface area (TPSA) is 9.23 Å². The molecule has 3 aromatic carbocycles. The maximum atomic E-state index is 6.43. The number of para-hydroxylation sites is 1. The minimum absolute atomic E-state index is 0.325. The predicted molar refractivity (Wildman–Crippen MR) is 91.0 cm³/mol. The summed E-state index contributed by atoms with van der Waals surface area (Å²) >= 11 is 0. The molecule has 0 aromatic heterocycles. The molecule has 0 bridgehead atoms. The normalized spacial score (nSPS) is 14.6. The van der Waals surface area contributed by atoms with Gasteiger partial charge in [-0.1, -0.05) is 72.8 Å². The Kier molecular flexibility index (Phi) is 2.83. The fourth-order valence-electron chi connectivity index (χ4n) is 3.26. The lowest BCUT2D eigenvalue weighted by atomic mass is 9.85. The summed E-state index contributed by atoms with van der Waals surface area (Å²) in [5.74, 6) is 0.984. The van der Waals surface area contributed by atoms with Gasteiger partial charge in [0, 0.05) is 16.7 Å². The third kappa shape index (κ3) is 1.93. The van der Waals surface area contributed by atoms with Crippen LogP contribution in [0, 0.1) is 0 Å². The number of benzene rings is 3. The van der Waals surface area contributed by atoms with Crippen molar-refractivity contribution in [3.05, 3.63) is 78.4 Å². The second-order valence-electron chi connectivity index (χ2n) is 6.21. The summed E-state index contributed by atoms with van der Waals surface area (Å²) in [6.45, 7) is 4.27. The number of ether oxygens (including phenoxy) is 1. The maximum Gasteiger partial charge on any atom is 0.136 e. The van der Waals surface area contributed by atoms with Gasteiger partial charge in [0.15, 0.2) is 0 Å². The van der Waals surface area contributed by atoms with Crippen molar-refractivity contribution in [2.75, 3.05) is 0 Å². The van der Waals surface area contributed by atoms with Crippen LogP contribution < -0.4 is 4.74 Å². The number of fused-ring (bicyclic) bond motifs is 3. The molecule has 0 radical (unpaired) electrons. The van der Waals surface area contributed by atoms with Gasteiger partial charge in [0.05, 0.1) is 0 Å². The molecule has 0 fully saturated rings. The van der Waals surface area contributed by atoms with E-state index in [2.05, 4.69) is 80.6 Å². The molecule has 0 atom stereocenters. The van der Waals surface area contributed by atoms with Gasteiger partial charge in [0.25, 0.3) is 0 Å². The summed E-state index contributed by atoms with van der Waals surface area (Å²) in [5, 5.41) is 0. The lowest BCUT2D eigenvalue weighted by Gasteiger charge is -2.36. The molecule has 0 aliphatic carbocycles. The van der Waals surface area contributed by atoms with Crippen LogP contribution in [0.15, 0.2) is 72.8 Å². The molecule has 4 rings (SSSR count). The van der Waals surface area contributed by atoms with Crippen molar-refractivity contribution >= 4 is 0 Å². The third-order valence-electron chi connectivity index (χ3n) is 4.32. The smallest absolute Gasteiger partial charge is 0.136 e. The lowest BCUT2D eigenvalue weighted by Crippen LogP contribution is -2.29. The molecule has 0 amide bonds. The first-order valence-electron chi connectivity index (χ1n) is 7.64. The summed E-state index contributed by atoms with van der Waals surface area (Å²) in [4.78, 5) is 0. The average molecular weight is 286 g/mol. The molecule has 1 aliphatic rings. The fourth-order valence-corrected chi connectivity index (χ4v) is 3.26. The zero-order valence-electron chi connectivity index (χ0n) is 12.8. The Balaban J connectivity index is 2.01. The first-order valence-corrected chi connectivity index (χ1v) is 7.64. The van der Waals surface area contributed by atoms with E-state index in [1.54, 1.807) is 0 Å². The zero-order chi connectivity index (χ0) is 15.2. The standard InChI is InChI=1S/C21H18O/c1-21(2)19-14-7-6-11-17(19)18-13-8-12-16(20(18)22-21)15-9-4-3-5-10-15/h3-14H,1-2H3. The van der Waals surface area contributed by atoms with Crippen LogP contribution in [-0.4, -0.2) is 0 Å². The van der Waals surface area contributed by atoms with Crippen LogP contribution in [0.2, 0.25) is 0 Å². The van der Waals surface area contributed by atoms with Gasteiger partial charge in [-0.2, -0.15) is 0 Å². The quantitative estimate of drug-likeness (QED) is 0.562. The molecule has 0 N–H and O–H groups in total. The highest BCUT2D eigenvalue weighted by Gasteiger charge is 2.33. The molecule has 0 saturated carbocycles. The van der Waals surface area contributed by atoms with E-state index in [0.717, 1.165) is 11.3 Å². The molecule has 22 heavy (non-hydrogen) atoms. The second kappa shape index (κ2) is 4.74. The average Bonchev–Trinajstić information content (AvgIpc) is 2.55. The number of hydrogen-bond donors (Lipinski definition) is 0. The van der Waals surface area contributed by atoms with E-state index in [-0.39, 0.29) is 5.60 Å². The lowest BCUT2D eigenvalue weighted by molar-refractivity contribution is 0.106. The highest BCUT2D eigenvalue weighted by atomic mass is 16.5. The number of hydrogen-bond acceptors (Lipinski definition) is 1. The molecule has 0 unspecified atom stereocenters. The van der Waals surface area contributed by atoms with Crippen LogP contribution in [0.4, 0.5) is 0 Å². The molecular weight excluding hydrogens is 268 g/mol. The third-order valence-corrected chi connectivity index (χ3v) is 4.32. The van der Waals surface area contributed by atoms with E-state index in [1.165, 1.54) is 22.3 Å². The summed E-state index contributed by atoms with van der Waals surface area (Å²) in [6, 6.07) is 25.4. The first kappa shape index (κ1) is 13.1. The molecule has 3 aromatic rings. The van der Waals surface area contributed by atoms with Crippen molar-refractivity contribution < 1.29 is 4.74 Å². The van der Waals surface area contributed by atoms with Crippen molar-refractivity contribution in [3.63, 3.8) is 0 Å². The molecule has 0 spiro atoms. The van der Waals surface area contributed by atoms with Gasteiger partial charge in [0.2, 0.25) is 0 Å². The van der Waals surface area contributed by atoms with Gasteiger partial charge < -0.3 is 4.74 Å². The zero-order valence-corrected chi connectivity index (χ0v) is 12.8. The molecule has 108 valence electrons. The molecule has 1 aliphatic heterocycles. The Morgan fingerprint density at radius 3 is 2.09 bits per heavy atom. The van der Waals surface area contributed by atoms with Crippen LogP contribution in [0.1, 0.15) is 19.4 Å². The molecule has 1 nitrogen and oxygen atoms in total. The van der Waals surface area contributed by atoms with E-state index in [4.69, 9.17) is 4.74 Å². The Hall–Kier alpha value is -2.54. The summed E-state index contributed by atoms with van der Waals surface area (Å²) in [5.41, 5.74) is 5.71. The van der Waals surface area contributed by atoms with Crippen molar-refractivity contribution in [3.8, 4) is 28.0 Å². The van der Waals surface area contributed by atoms with Crippen LogP contribution >= 0.6 is 0 Å². The second-order valence-corrected chi connectivity index (χ2v) is 6.21. The van der Waals surface area contributed by atoms with Gasteiger partial charge in [-0.05, 0) is 25.0 Å². The Morgan fingerprint density at radius 1 is 0.636 bits per heavy atom. The van der Waals surface area contributed by atoms with E-state index < -0.39 is 0 Å². The van der Waals surface area contributed by atoms with Gasteiger partial charge in [0.1, 0.15) is 11.4 Å². The van der Waals surface area contributed by atoms with E-state index >= 15 is 0 Å². The summed E-state index contributed by atoms with van der Waals surface area (Å²) in [6.07, 6.45) is 0. The van der Waals surface area contributed by atoms with Crippen LogP contribution in [-0.2, 0) is 5.60 Å². The molecule has 0 saturated heterocycles. The fraction of sp³-hybridized carbons (Fsp3) is 0.143. The van der Waals surface area contributed by atoms with E-state index in [0.29, 0.717) is 0 Å². The van der Waals surface area contributed by atoms with Gasteiger partial charge >= 0.3 is 0 Å². The Labute approximate surface area is 131 Å². The predicted octanol–water partition coefficient (Wildman–Crippen LogP) is 5.65. The summed E-state index contributed by atoms with van der Waals surface area (Å²) in [7, 11) is 0.